The minimum atomic E-state index is -3.60. The summed E-state index contributed by atoms with van der Waals surface area (Å²) in [7, 11) is -3.60. The zero-order valence-corrected chi connectivity index (χ0v) is 15.6. The molecule has 5 nitrogen and oxygen atoms in total. The van der Waals surface area contributed by atoms with Gasteiger partial charge >= 0.3 is 5.97 Å². The summed E-state index contributed by atoms with van der Waals surface area (Å²) in [5, 5.41) is 8.81. The monoisotopic (exact) mass is 377 g/mol. The first-order chi connectivity index (χ1) is 11.1. The van der Waals surface area contributed by atoms with Crippen LogP contribution in [0.15, 0.2) is 29.2 Å². The first-order valence-corrected chi connectivity index (χ1v) is 10.3. The van der Waals surface area contributed by atoms with E-state index in [1.807, 2.05) is 13.8 Å². The molecule has 0 heterocycles. The largest absolute Gasteiger partial charge is 0.481 e. The molecule has 0 saturated heterocycles. The van der Waals surface area contributed by atoms with Crippen LogP contribution >= 0.6 is 11.8 Å². The van der Waals surface area contributed by atoms with Gasteiger partial charge in [0.1, 0.15) is 5.82 Å². The third-order valence-corrected chi connectivity index (χ3v) is 5.98. The van der Waals surface area contributed by atoms with E-state index in [4.69, 9.17) is 5.11 Å². The molecular formula is C16H24FNO4S2. The molecule has 1 rings (SSSR count). The van der Waals surface area contributed by atoms with Crippen molar-refractivity contribution in [2.24, 2.45) is 5.41 Å². The van der Waals surface area contributed by atoms with Crippen LogP contribution in [0, 0.1) is 11.2 Å². The SMILES string of the molecule is CC(C)(CCSCCCNS(=O)(=O)c1ccc(F)cc1)CC(=O)O. The summed E-state index contributed by atoms with van der Waals surface area (Å²) < 4.78 is 39.2. The Morgan fingerprint density at radius 1 is 1.25 bits per heavy atom. The molecule has 136 valence electrons. The molecule has 1 aromatic carbocycles. The zero-order chi connectivity index (χ0) is 18.2. The van der Waals surface area contributed by atoms with Gasteiger partial charge in [0.15, 0.2) is 0 Å². The number of hydrogen-bond acceptors (Lipinski definition) is 4. The van der Waals surface area contributed by atoms with E-state index >= 15 is 0 Å². The summed E-state index contributed by atoms with van der Waals surface area (Å²) in [6.45, 7) is 4.17. The molecule has 0 aromatic heterocycles. The molecule has 0 atom stereocenters. The highest BCUT2D eigenvalue weighted by Gasteiger charge is 2.21. The summed E-state index contributed by atoms with van der Waals surface area (Å²) in [6, 6.07) is 4.69. The van der Waals surface area contributed by atoms with Gasteiger partial charge in [-0.15, -0.1) is 0 Å². The van der Waals surface area contributed by atoms with Crippen molar-refractivity contribution in [3.05, 3.63) is 30.1 Å². The average molecular weight is 378 g/mol. The first-order valence-electron chi connectivity index (χ1n) is 7.67. The molecule has 0 aliphatic heterocycles. The third-order valence-electron chi connectivity index (χ3n) is 3.43. The van der Waals surface area contributed by atoms with Crippen LogP contribution in [0.4, 0.5) is 4.39 Å². The van der Waals surface area contributed by atoms with Crippen molar-refractivity contribution in [2.45, 2.75) is 38.0 Å². The number of sulfonamides is 1. The highest BCUT2D eigenvalue weighted by Crippen LogP contribution is 2.27. The van der Waals surface area contributed by atoms with E-state index in [9.17, 15) is 17.6 Å². The van der Waals surface area contributed by atoms with Gasteiger partial charge in [-0.25, -0.2) is 17.5 Å². The lowest BCUT2D eigenvalue weighted by atomic mass is 9.87. The van der Waals surface area contributed by atoms with Gasteiger partial charge in [0.2, 0.25) is 10.0 Å². The van der Waals surface area contributed by atoms with E-state index in [1.54, 1.807) is 11.8 Å². The molecule has 0 saturated carbocycles. The van der Waals surface area contributed by atoms with Crippen molar-refractivity contribution in [3.63, 3.8) is 0 Å². The van der Waals surface area contributed by atoms with Crippen molar-refractivity contribution < 1.29 is 22.7 Å². The maximum atomic E-state index is 12.8. The molecule has 0 unspecified atom stereocenters. The summed E-state index contributed by atoms with van der Waals surface area (Å²) in [4.78, 5) is 10.8. The highest BCUT2D eigenvalue weighted by molar-refractivity contribution is 7.99. The second-order valence-corrected chi connectivity index (χ2v) is 9.29. The number of thioether (sulfide) groups is 1. The van der Waals surface area contributed by atoms with E-state index in [-0.39, 0.29) is 16.7 Å². The fourth-order valence-electron chi connectivity index (χ4n) is 2.03. The number of nitrogens with one attached hydrogen (secondary N) is 1. The van der Waals surface area contributed by atoms with Crippen LogP contribution in [0.3, 0.4) is 0 Å². The molecule has 0 radical (unpaired) electrons. The number of aliphatic carboxylic acids is 1. The number of benzene rings is 1. The van der Waals surface area contributed by atoms with Crippen LogP contribution in [-0.2, 0) is 14.8 Å². The van der Waals surface area contributed by atoms with Crippen LogP contribution in [0.5, 0.6) is 0 Å². The number of hydrogen-bond donors (Lipinski definition) is 2. The van der Waals surface area contributed by atoms with Gasteiger partial charge in [0.25, 0.3) is 0 Å². The first kappa shape index (κ1) is 20.9. The molecule has 24 heavy (non-hydrogen) atoms. The smallest absolute Gasteiger partial charge is 0.303 e. The van der Waals surface area contributed by atoms with E-state index in [0.717, 1.165) is 30.1 Å². The maximum Gasteiger partial charge on any atom is 0.303 e. The minimum Gasteiger partial charge on any atom is -0.481 e. The fourth-order valence-corrected chi connectivity index (χ4v) is 4.35. The second-order valence-electron chi connectivity index (χ2n) is 6.30. The van der Waals surface area contributed by atoms with Crippen LogP contribution < -0.4 is 4.72 Å². The van der Waals surface area contributed by atoms with Gasteiger partial charge in [0, 0.05) is 6.54 Å². The molecule has 0 fully saturated rings. The predicted molar refractivity (Wildman–Crippen MR) is 94.2 cm³/mol. The van der Waals surface area contributed by atoms with Crippen molar-refractivity contribution in [3.8, 4) is 0 Å². The van der Waals surface area contributed by atoms with Crippen LogP contribution in [-0.4, -0.2) is 37.5 Å². The fraction of sp³-hybridized carbons (Fsp3) is 0.562. The van der Waals surface area contributed by atoms with Crippen molar-refractivity contribution >= 4 is 27.8 Å². The summed E-state index contributed by atoms with van der Waals surface area (Å²) >= 11 is 1.68. The second kappa shape index (κ2) is 9.39. The van der Waals surface area contributed by atoms with E-state index in [1.165, 1.54) is 12.1 Å². The quantitative estimate of drug-likeness (QED) is 0.579. The molecule has 0 amide bonds. The summed E-state index contributed by atoms with van der Waals surface area (Å²) in [5.74, 6) is 0.358. The van der Waals surface area contributed by atoms with Crippen LogP contribution in [0.2, 0.25) is 0 Å². The molecule has 0 aliphatic carbocycles. The topological polar surface area (TPSA) is 83.5 Å². The lowest BCUT2D eigenvalue weighted by Crippen LogP contribution is -2.25. The van der Waals surface area contributed by atoms with Gasteiger partial charge in [0.05, 0.1) is 11.3 Å². The predicted octanol–water partition coefficient (Wildman–Crippen LogP) is 3.12. The summed E-state index contributed by atoms with van der Waals surface area (Å²) in [5.41, 5.74) is -0.233. The third kappa shape index (κ3) is 8.12. The Morgan fingerprint density at radius 3 is 2.46 bits per heavy atom. The van der Waals surface area contributed by atoms with Crippen molar-refractivity contribution in [2.75, 3.05) is 18.1 Å². The maximum absolute atomic E-state index is 12.8. The standard InChI is InChI=1S/C16H24FNO4S2/c1-16(2,12-15(19)20)8-11-23-10-3-9-18-24(21,22)14-6-4-13(17)5-7-14/h4-7,18H,3,8-12H2,1-2H3,(H,19,20). The lowest BCUT2D eigenvalue weighted by molar-refractivity contribution is -0.139. The minimum absolute atomic E-state index is 0.0481. The molecule has 0 bridgehead atoms. The molecule has 2 N–H and O–H groups in total. The van der Waals surface area contributed by atoms with Gasteiger partial charge < -0.3 is 5.11 Å². The molecule has 0 aliphatic rings. The van der Waals surface area contributed by atoms with Crippen LogP contribution in [0.25, 0.3) is 0 Å². The van der Waals surface area contributed by atoms with Gasteiger partial charge in [-0.2, -0.15) is 11.8 Å². The zero-order valence-electron chi connectivity index (χ0n) is 13.9. The molecular weight excluding hydrogens is 353 g/mol. The van der Waals surface area contributed by atoms with Crippen LogP contribution in [0.1, 0.15) is 33.1 Å². The van der Waals surface area contributed by atoms with Crippen molar-refractivity contribution in [1.82, 2.24) is 4.72 Å². The Labute approximate surface area is 147 Å². The molecule has 1 aromatic rings. The highest BCUT2D eigenvalue weighted by atomic mass is 32.2. The van der Waals surface area contributed by atoms with Gasteiger partial charge in [-0.1, -0.05) is 13.8 Å². The van der Waals surface area contributed by atoms with Gasteiger partial charge in [-0.05, 0) is 54.0 Å². The van der Waals surface area contributed by atoms with E-state index in [2.05, 4.69) is 4.72 Å². The van der Waals surface area contributed by atoms with Gasteiger partial charge in [-0.3, -0.25) is 4.79 Å². The van der Waals surface area contributed by atoms with Crippen molar-refractivity contribution in [1.29, 1.82) is 0 Å². The normalized spacial score (nSPS) is 12.3. The number of carbonyl (C=O) groups is 1. The summed E-state index contributed by atoms with van der Waals surface area (Å²) in [6.07, 6.45) is 1.61. The Balaban J connectivity index is 2.22. The number of carboxylic acid groups (broad SMARTS) is 1. The van der Waals surface area contributed by atoms with E-state index < -0.39 is 21.8 Å². The average Bonchev–Trinajstić information content (AvgIpc) is 2.45. The number of halogens is 1. The Morgan fingerprint density at radius 2 is 1.88 bits per heavy atom. The molecule has 8 heteroatoms. The molecule has 0 spiro atoms. The Hall–Kier alpha value is -1.12. The Bertz CT molecular complexity index is 630. The Kier molecular flexibility index (Phi) is 8.18. The number of carboxylic acids is 1. The lowest BCUT2D eigenvalue weighted by Gasteiger charge is -2.21. The number of rotatable bonds is 11. The van der Waals surface area contributed by atoms with E-state index in [0.29, 0.717) is 13.0 Å².